The van der Waals surface area contributed by atoms with E-state index in [9.17, 15) is 9.18 Å². The molecule has 2 aromatic rings. The van der Waals surface area contributed by atoms with Gasteiger partial charge in [-0.1, -0.05) is 23.7 Å². The molecule has 1 atom stereocenters. The molecule has 112 valence electrons. The summed E-state index contributed by atoms with van der Waals surface area (Å²) in [7, 11) is 0. The molecule has 0 spiro atoms. The fourth-order valence-electron chi connectivity index (χ4n) is 1.71. The largest absolute Gasteiger partial charge is 0.325 e. The van der Waals surface area contributed by atoms with Crippen molar-refractivity contribution in [3.05, 3.63) is 58.9 Å². The molecular weight excluding hydrogens is 323 g/mol. The topological polar surface area (TPSA) is 52.9 Å². The second kappa shape index (κ2) is 7.30. The second-order valence-electron chi connectivity index (χ2n) is 4.49. The monoisotopic (exact) mass is 334 g/mol. The molecule has 0 aliphatic heterocycles. The summed E-state index contributed by atoms with van der Waals surface area (Å²) >= 11 is 7.05. The molecule has 1 N–H and O–H groups in total. The number of hydrogen-bond acceptors (Lipinski definition) is 3. The van der Waals surface area contributed by atoms with Crippen LogP contribution in [-0.4, -0.2) is 11.2 Å². The van der Waals surface area contributed by atoms with Crippen LogP contribution in [0.25, 0.3) is 0 Å². The Bertz CT molecular complexity index is 745. The molecule has 0 saturated heterocycles. The lowest BCUT2D eigenvalue weighted by molar-refractivity contribution is -0.115. The van der Waals surface area contributed by atoms with Crippen molar-refractivity contribution in [3.8, 4) is 6.07 Å². The second-order valence-corrected chi connectivity index (χ2v) is 6.28. The first kappa shape index (κ1) is 16.3. The van der Waals surface area contributed by atoms with Gasteiger partial charge >= 0.3 is 0 Å². The average Bonchev–Trinajstić information content (AvgIpc) is 2.49. The summed E-state index contributed by atoms with van der Waals surface area (Å²) in [6.45, 7) is 1.69. The van der Waals surface area contributed by atoms with Gasteiger partial charge in [0, 0.05) is 10.6 Å². The number of nitriles is 1. The summed E-state index contributed by atoms with van der Waals surface area (Å²) in [4.78, 5) is 12.6. The highest BCUT2D eigenvalue weighted by molar-refractivity contribution is 8.00. The van der Waals surface area contributed by atoms with Crippen molar-refractivity contribution in [2.24, 2.45) is 0 Å². The van der Waals surface area contributed by atoms with Crippen LogP contribution in [0.1, 0.15) is 12.5 Å². The highest BCUT2D eigenvalue weighted by atomic mass is 35.5. The number of carbonyl (C=O) groups is 1. The quantitative estimate of drug-likeness (QED) is 0.839. The van der Waals surface area contributed by atoms with E-state index in [1.165, 1.54) is 18.2 Å². The van der Waals surface area contributed by atoms with Gasteiger partial charge in [0.05, 0.1) is 15.8 Å². The normalized spacial score (nSPS) is 11.5. The molecule has 0 radical (unpaired) electrons. The molecule has 22 heavy (non-hydrogen) atoms. The smallest absolute Gasteiger partial charge is 0.237 e. The van der Waals surface area contributed by atoms with Crippen LogP contribution in [0.2, 0.25) is 5.02 Å². The Morgan fingerprint density at radius 1 is 1.36 bits per heavy atom. The van der Waals surface area contributed by atoms with E-state index in [0.29, 0.717) is 16.1 Å². The summed E-state index contributed by atoms with van der Waals surface area (Å²) in [5.41, 5.74) is 0.837. The molecule has 6 heteroatoms. The standard InChI is InChI=1S/C16H12ClFN2OS/c1-10(22-15-5-3-2-4-14(15)18)16(21)20-12-7-6-11(9-19)13(17)8-12/h2-8,10H,1H3,(H,20,21)/t10-/m1/s1. The Labute approximate surface area is 137 Å². The van der Waals surface area contributed by atoms with Crippen LogP contribution in [0, 0.1) is 17.1 Å². The van der Waals surface area contributed by atoms with Crippen molar-refractivity contribution >= 4 is 35.0 Å². The van der Waals surface area contributed by atoms with Gasteiger partial charge in [0.2, 0.25) is 5.91 Å². The van der Waals surface area contributed by atoms with E-state index in [0.717, 1.165) is 11.8 Å². The van der Waals surface area contributed by atoms with Crippen molar-refractivity contribution in [2.75, 3.05) is 5.32 Å². The van der Waals surface area contributed by atoms with Crippen molar-refractivity contribution < 1.29 is 9.18 Å². The van der Waals surface area contributed by atoms with Gasteiger partial charge in [-0.3, -0.25) is 4.79 Å². The van der Waals surface area contributed by atoms with Crippen LogP contribution in [-0.2, 0) is 4.79 Å². The zero-order chi connectivity index (χ0) is 16.1. The van der Waals surface area contributed by atoms with Crippen molar-refractivity contribution in [1.82, 2.24) is 0 Å². The number of amides is 1. The van der Waals surface area contributed by atoms with E-state index in [4.69, 9.17) is 16.9 Å². The third-order valence-electron chi connectivity index (χ3n) is 2.87. The maximum Gasteiger partial charge on any atom is 0.237 e. The van der Waals surface area contributed by atoms with Gasteiger partial charge < -0.3 is 5.32 Å². The van der Waals surface area contributed by atoms with Gasteiger partial charge in [0.1, 0.15) is 11.9 Å². The lowest BCUT2D eigenvalue weighted by Gasteiger charge is -2.12. The first-order valence-corrected chi connectivity index (χ1v) is 7.68. The third-order valence-corrected chi connectivity index (χ3v) is 4.33. The minimum absolute atomic E-state index is 0.269. The molecular formula is C16H12ClFN2OS. The fraction of sp³-hybridized carbons (Fsp3) is 0.125. The molecule has 0 fully saturated rings. The van der Waals surface area contributed by atoms with E-state index >= 15 is 0 Å². The Morgan fingerprint density at radius 3 is 2.73 bits per heavy atom. The molecule has 2 rings (SSSR count). The van der Waals surface area contributed by atoms with E-state index in [-0.39, 0.29) is 16.7 Å². The molecule has 0 bridgehead atoms. The SMILES string of the molecule is C[C@@H](Sc1ccccc1F)C(=O)Nc1ccc(C#N)c(Cl)c1. The summed E-state index contributed by atoms with van der Waals surface area (Å²) < 4.78 is 13.6. The molecule has 1 amide bonds. The van der Waals surface area contributed by atoms with Crippen molar-refractivity contribution in [3.63, 3.8) is 0 Å². The number of nitrogens with zero attached hydrogens (tertiary/aromatic N) is 1. The molecule has 0 aliphatic carbocycles. The van der Waals surface area contributed by atoms with Crippen molar-refractivity contribution in [2.45, 2.75) is 17.1 Å². The number of benzene rings is 2. The number of halogens is 2. The van der Waals surface area contributed by atoms with Gasteiger partial charge in [-0.25, -0.2) is 4.39 Å². The number of rotatable bonds is 4. The number of carbonyl (C=O) groups excluding carboxylic acids is 1. The predicted octanol–water partition coefficient (Wildman–Crippen LogP) is 4.47. The van der Waals surface area contributed by atoms with Gasteiger partial charge in [0.15, 0.2) is 0 Å². The van der Waals surface area contributed by atoms with Crippen LogP contribution < -0.4 is 5.32 Å². The number of nitrogens with one attached hydrogen (secondary N) is 1. The minimum atomic E-state index is -0.480. The van der Waals surface area contributed by atoms with Crippen LogP contribution >= 0.6 is 23.4 Å². The van der Waals surface area contributed by atoms with Crippen molar-refractivity contribution in [1.29, 1.82) is 5.26 Å². The summed E-state index contributed by atoms with van der Waals surface area (Å²) in [6, 6.07) is 12.9. The number of hydrogen-bond donors (Lipinski definition) is 1. The molecule has 0 aromatic heterocycles. The van der Waals surface area contributed by atoms with Gasteiger partial charge in [-0.2, -0.15) is 5.26 Å². The van der Waals surface area contributed by atoms with E-state index in [2.05, 4.69) is 5.32 Å². The maximum absolute atomic E-state index is 13.6. The van der Waals surface area contributed by atoms with Crippen LogP contribution in [0.5, 0.6) is 0 Å². The molecule has 0 aliphatic rings. The first-order valence-electron chi connectivity index (χ1n) is 6.43. The molecule has 0 unspecified atom stereocenters. The lowest BCUT2D eigenvalue weighted by Crippen LogP contribution is -2.22. The lowest BCUT2D eigenvalue weighted by atomic mass is 10.2. The Hall–Kier alpha value is -2.03. The van der Waals surface area contributed by atoms with Crippen LogP contribution in [0.3, 0.4) is 0 Å². The van der Waals surface area contributed by atoms with Crippen LogP contribution in [0.4, 0.5) is 10.1 Å². The summed E-state index contributed by atoms with van der Waals surface area (Å²) in [6.07, 6.45) is 0. The summed E-state index contributed by atoms with van der Waals surface area (Å²) in [5, 5.41) is 11.3. The van der Waals surface area contributed by atoms with Gasteiger partial charge in [-0.15, -0.1) is 11.8 Å². The Balaban J connectivity index is 2.04. The zero-order valence-corrected chi connectivity index (χ0v) is 13.2. The highest BCUT2D eigenvalue weighted by Gasteiger charge is 2.16. The third kappa shape index (κ3) is 4.00. The maximum atomic E-state index is 13.6. The molecule has 3 nitrogen and oxygen atoms in total. The molecule has 0 heterocycles. The first-order chi connectivity index (χ1) is 10.5. The average molecular weight is 335 g/mol. The highest BCUT2D eigenvalue weighted by Crippen LogP contribution is 2.27. The number of anilines is 1. The fourth-order valence-corrected chi connectivity index (χ4v) is 2.82. The zero-order valence-electron chi connectivity index (χ0n) is 11.6. The van der Waals surface area contributed by atoms with E-state index in [1.54, 1.807) is 31.2 Å². The Morgan fingerprint density at radius 2 is 2.09 bits per heavy atom. The Kier molecular flexibility index (Phi) is 5.42. The predicted molar refractivity (Wildman–Crippen MR) is 86.5 cm³/mol. The minimum Gasteiger partial charge on any atom is -0.325 e. The van der Waals surface area contributed by atoms with E-state index < -0.39 is 5.25 Å². The van der Waals surface area contributed by atoms with Gasteiger partial charge in [0.25, 0.3) is 0 Å². The molecule has 2 aromatic carbocycles. The van der Waals surface area contributed by atoms with Crippen LogP contribution in [0.15, 0.2) is 47.4 Å². The van der Waals surface area contributed by atoms with E-state index in [1.807, 2.05) is 6.07 Å². The van der Waals surface area contributed by atoms with Gasteiger partial charge in [-0.05, 0) is 37.3 Å². The molecule has 0 saturated carbocycles. The number of thioether (sulfide) groups is 1. The summed E-state index contributed by atoms with van der Waals surface area (Å²) in [5.74, 6) is -0.623.